The van der Waals surface area contributed by atoms with Gasteiger partial charge in [0.2, 0.25) is 0 Å². The number of nitrogens with one attached hydrogen (secondary N) is 1. The van der Waals surface area contributed by atoms with Crippen molar-refractivity contribution in [1.29, 1.82) is 0 Å². The van der Waals surface area contributed by atoms with Gasteiger partial charge in [0.15, 0.2) is 0 Å². The van der Waals surface area contributed by atoms with E-state index in [0.717, 1.165) is 19.4 Å². The second kappa shape index (κ2) is 7.42. The lowest BCUT2D eigenvalue weighted by Crippen LogP contribution is -2.20. The molecule has 0 bridgehead atoms. The van der Waals surface area contributed by atoms with E-state index in [2.05, 4.69) is 43.4 Å². The molecule has 0 amide bonds. The van der Waals surface area contributed by atoms with Crippen LogP contribution in [0.25, 0.3) is 0 Å². The maximum absolute atomic E-state index is 8.90. The Balaban J connectivity index is 2.18. The van der Waals surface area contributed by atoms with Crippen LogP contribution in [-0.4, -0.2) is 18.3 Å². The first-order valence-corrected chi connectivity index (χ1v) is 6.13. The molecular weight excluding hydrogens is 198 g/mol. The van der Waals surface area contributed by atoms with Crippen LogP contribution in [0, 0.1) is 5.92 Å². The first kappa shape index (κ1) is 13.2. The number of hydrogen-bond donors (Lipinski definition) is 2. The average molecular weight is 221 g/mol. The highest BCUT2D eigenvalue weighted by molar-refractivity contribution is 5.17. The van der Waals surface area contributed by atoms with Crippen LogP contribution in [0.2, 0.25) is 0 Å². The zero-order chi connectivity index (χ0) is 11.8. The van der Waals surface area contributed by atoms with Crippen LogP contribution >= 0.6 is 0 Å². The second-order valence-corrected chi connectivity index (χ2v) is 4.52. The van der Waals surface area contributed by atoms with E-state index in [1.165, 1.54) is 5.56 Å². The number of rotatable bonds is 7. The van der Waals surface area contributed by atoms with Gasteiger partial charge >= 0.3 is 0 Å². The molecule has 0 aliphatic carbocycles. The lowest BCUT2D eigenvalue weighted by Gasteiger charge is -2.14. The van der Waals surface area contributed by atoms with E-state index >= 15 is 0 Å². The molecule has 0 fully saturated rings. The summed E-state index contributed by atoms with van der Waals surface area (Å²) in [6.07, 6.45) is 2.21. The Morgan fingerprint density at radius 1 is 1.19 bits per heavy atom. The van der Waals surface area contributed by atoms with Crippen LogP contribution in [0.4, 0.5) is 0 Å². The minimum atomic E-state index is 0.300. The van der Waals surface area contributed by atoms with E-state index in [1.54, 1.807) is 0 Å². The third kappa shape index (κ3) is 4.77. The third-order valence-corrected chi connectivity index (χ3v) is 2.94. The smallest absolute Gasteiger partial charge is 0.0456 e. The molecule has 2 heteroatoms. The molecule has 1 rings (SSSR count). The van der Waals surface area contributed by atoms with Crippen LogP contribution in [0.5, 0.6) is 0 Å². The summed E-state index contributed by atoms with van der Waals surface area (Å²) in [6, 6.07) is 10.9. The fourth-order valence-electron chi connectivity index (χ4n) is 1.72. The molecule has 0 aliphatic rings. The monoisotopic (exact) mass is 221 g/mol. The zero-order valence-corrected chi connectivity index (χ0v) is 10.3. The van der Waals surface area contributed by atoms with Crippen molar-refractivity contribution < 1.29 is 5.11 Å². The Morgan fingerprint density at radius 3 is 2.50 bits per heavy atom. The zero-order valence-electron chi connectivity index (χ0n) is 10.3. The first-order chi connectivity index (χ1) is 7.74. The van der Waals surface area contributed by atoms with Gasteiger partial charge in [-0.25, -0.2) is 0 Å². The van der Waals surface area contributed by atoms with E-state index in [1.807, 2.05) is 6.07 Å². The molecule has 0 saturated heterocycles. The number of hydrogen-bond acceptors (Lipinski definition) is 2. The molecule has 0 spiro atoms. The van der Waals surface area contributed by atoms with Crippen molar-refractivity contribution in [2.45, 2.75) is 32.7 Å². The highest BCUT2D eigenvalue weighted by Crippen LogP contribution is 2.11. The van der Waals surface area contributed by atoms with Crippen LogP contribution in [0.15, 0.2) is 30.3 Å². The molecule has 2 atom stereocenters. The molecule has 0 saturated carbocycles. The van der Waals surface area contributed by atoms with Gasteiger partial charge in [0, 0.05) is 12.6 Å². The average Bonchev–Trinajstić information content (AvgIpc) is 2.35. The summed E-state index contributed by atoms with van der Waals surface area (Å²) in [6.45, 7) is 5.58. The van der Waals surface area contributed by atoms with Crippen molar-refractivity contribution in [3.63, 3.8) is 0 Å². The van der Waals surface area contributed by atoms with E-state index in [0.29, 0.717) is 18.6 Å². The highest BCUT2D eigenvalue weighted by Gasteiger charge is 2.04. The van der Waals surface area contributed by atoms with Crippen LogP contribution in [-0.2, 0) is 0 Å². The molecule has 0 aromatic heterocycles. The van der Waals surface area contributed by atoms with Gasteiger partial charge < -0.3 is 10.4 Å². The topological polar surface area (TPSA) is 32.3 Å². The standard InChI is InChI=1S/C14H23NO/c1-12(11-16)7-6-10-15-13(2)14-8-4-3-5-9-14/h3-5,8-9,12-13,15-16H,6-7,10-11H2,1-2H3. The van der Waals surface area contributed by atoms with Crippen LogP contribution in [0.1, 0.15) is 38.3 Å². The summed E-state index contributed by atoms with van der Waals surface area (Å²) in [4.78, 5) is 0. The minimum Gasteiger partial charge on any atom is -0.396 e. The summed E-state index contributed by atoms with van der Waals surface area (Å²) in [5, 5.41) is 12.4. The Hall–Kier alpha value is -0.860. The van der Waals surface area contributed by atoms with E-state index < -0.39 is 0 Å². The van der Waals surface area contributed by atoms with Gasteiger partial charge in [-0.15, -0.1) is 0 Å². The van der Waals surface area contributed by atoms with Crippen molar-refractivity contribution in [3.8, 4) is 0 Å². The summed E-state index contributed by atoms with van der Waals surface area (Å²) >= 11 is 0. The van der Waals surface area contributed by atoms with Crippen molar-refractivity contribution >= 4 is 0 Å². The molecule has 0 aliphatic heterocycles. The second-order valence-electron chi connectivity index (χ2n) is 4.52. The third-order valence-electron chi connectivity index (χ3n) is 2.94. The van der Waals surface area contributed by atoms with Gasteiger partial charge in [0.1, 0.15) is 0 Å². The maximum Gasteiger partial charge on any atom is 0.0456 e. The lowest BCUT2D eigenvalue weighted by molar-refractivity contribution is 0.227. The van der Waals surface area contributed by atoms with Gasteiger partial charge in [-0.3, -0.25) is 0 Å². The minimum absolute atomic E-state index is 0.300. The fourth-order valence-corrected chi connectivity index (χ4v) is 1.72. The van der Waals surface area contributed by atoms with Crippen molar-refractivity contribution in [2.24, 2.45) is 5.92 Å². The molecular formula is C14H23NO. The van der Waals surface area contributed by atoms with Gasteiger partial charge in [0.25, 0.3) is 0 Å². The summed E-state index contributed by atoms with van der Waals surface area (Å²) in [5.74, 6) is 0.425. The van der Waals surface area contributed by atoms with E-state index in [4.69, 9.17) is 5.11 Å². The van der Waals surface area contributed by atoms with Crippen molar-refractivity contribution in [2.75, 3.05) is 13.2 Å². The Kier molecular flexibility index (Phi) is 6.12. The van der Waals surface area contributed by atoms with E-state index in [9.17, 15) is 0 Å². The SMILES string of the molecule is CC(CO)CCCNC(C)c1ccccc1. The first-order valence-electron chi connectivity index (χ1n) is 6.13. The normalized spacial score (nSPS) is 14.7. The van der Waals surface area contributed by atoms with Crippen molar-refractivity contribution in [1.82, 2.24) is 5.32 Å². The van der Waals surface area contributed by atoms with Gasteiger partial charge in [-0.2, -0.15) is 0 Å². The molecule has 1 aromatic carbocycles. The number of benzene rings is 1. The predicted molar refractivity (Wildman–Crippen MR) is 68.3 cm³/mol. The predicted octanol–water partition coefficient (Wildman–Crippen LogP) is 2.75. The molecule has 1 aromatic rings. The summed E-state index contributed by atoms with van der Waals surface area (Å²) in [5.41, 5.74) is 1.33. The van der Waals surface area contributed by atoms with Gasteiger partial charge in [0.05, 0.1) is 0 Å². The molecule has 0 radical (unpaired) electrons. The molecule has 90 valence electrons. The largest absolute Gasteiger partial charge is 0.396 e. The molecule has 2 N–H and O–H groups in total. The molecule has 2 nitrogen and oxygen atoms in total. The molecule has 16 heavy (non-hydrogen) atoms. The lowest BCUT2D eigenvalue weighted by atomic mass is 10.1. The Labute approximate surface area is 98.7 Å². The summed E-state index contributed by atoms with van der Waals surface area (Å²) < 4.78 is 0. The summed E-state index contributed by atoms with van der Waals surface area (Å²) in [7, 11) is 0. The number of aliphatic hydroxyl groups excluding tert-OH is 1. The Morgan fingerprint density at radius 2 is 1.88 bits per heavy atom. The van der Waals surface area contributed by atoms with Gasteiger partial charge in [-0.1, -0.05) is 37.3 Å². The van der Waals surface area contributed by atoms with Crippen LogP contribution < -0.4 is 5.32 Å². The number of aliphatic hydroxyl groups is 1. The highest BCUT2D eigenvalue weighted by atomic mass is 16.3. The maximum atomic E-state index is 8.90. The van der Waals surface area contributed by atoms with Gasteiger partial charge in [-0.05, 0) is 37.8 Å². The molecule has 2 unspecified atom stereocenters. The molecule has 0 heterocycles. The fraction of sp³-hybridized carbons (Fsp3) is 0.571. The Bertz CT molecular complexity index is 273. The van der Waals surface area contributed by atoms with Crippen molar-refractivity contribution in [3.05, 3.63) is 35.9 Å². The van der Waals surface area contributed by atoms with E-state index in [-0.39, 0.29) is 0 Å². The van der Waals surface area contributed by atoms with Crippen LogP contribution in [0.3, 0.4) is 0 Å². The quantitative estimate of drug-likeness (QED) is 0.694.